The van der Waals surface area contributed by atoms with Gasteiger partial charge in [0.05, 0.1) is 23.5 Å². The van der Waals surface area contributed by atoms with E-state index < -0.39 is 0 Å². The van der Waals surface area contributed by atoms with Gasteiger partial charge in [-0.2, -0.15) is 0 Å². The van der Waals surface area contributed by atoms with Crippen LogP contribution in [0, 0.1) is 13.8 Å². The minimum absolute atomic E-state index is 0.118. The first kappa shape index (κ1) is 12.3. The quantitative estimate of drug-likeness (QED) is 0.772. The van der Waals surface area contributed by atoms with E-state index in [1.165, 1.54) is 12.8 Å². The van der Waals surface area contributed by atoms with Crippen molar-refractivity contribution >= 4 is 5.82 Å². The van der Waals surface area contributed by atoms with Crippen LogP contribution in [0.25, 0.3) is 0 Å². The van der Waals surface area contributed by atoms with Crippen LogP contribution in [-0.2, 0) is 0 Å². The number of nitrogens with zero attached hydrogens (tertiary/aromatic N) is 2. The third kappa shape index (κ3) is 3.16. The Morgan fingerprint density at radius 1 is 1.24 bits per heavy atom. The van der Waals surface area contributed by atoms with Crippen molar-refractivity contribution in [2.45, 2.75) is 58.1 Å². The van der Waals surface area contributed by atoms with Crippen LogP contribution in [0.4, 0.5) is 5.82 Å². The molecule has 1 fully saturated rings. The number of hydrogen-bond acceptors (Lipinski definition) is 4. The van der Waals surface area contributed by atoms with E-state index in [-0.39, 0.29) is 12.1 Å². The Balaban J connectivity index is 2.10. The lowest BCUT2D eigenvalue weighted by atomic mass is 10.1. The van der Waals surface area contributed by atoms with E-state index in [1.54, 1.807) is 6.20 Å². The SMILES string of the molecule is Cc1cnc(C)c(NC2CCCCCC2O)n1. The smallest absolute Gasteiger partial charge is 0.148 e. The van der Waals surface area contributed by atoms with Crippen LogP contribution in [0.3, 0.4) is 0 Å². The second kappa shape index (κ2) is 5.45. The number of nitrogens with one attached hydrogen (secondary N) is 1. The molecule has 2 N–H and O–H groups in total. The van der Waals surface area contributed by atoms with Crippen molar-refractivity contribution in [2.24, 2.45) is 0 Å². The first-order chi connectivity index (χ1) is 8.16. The normalized spacial score (nSPS) is 25.4. The molecule has 1 heterocycles. The third-order valence-corrected chi connectivity index (χ3v) is 3.38. The number of aliphatic hydroxyl groups excluding tert-OH is 1. The molecule has 0 aromatic carbocycles. The predicted molar refractivity (Wildman–Crippen MR) is 68.0 cm³/mol. The third-order valence-electron chi connectivity index (χ3n) is 3.38. The largest absolute Gasteiger partial charge is 0.391 e. The van der Waals surface area contributed by atoms with E-state index in [1.807, 2.05) is 13.8 Å². The zero-order chi connectivity index (χ0) is 12.3. The van der Waals surface area contributed by atoms with E-state index in [2.05, 4.69) is 15.3 Å². The molecule has 1 aromatic heterocycles. The average Bonchev–Trinajstić information content (AvgIpc) is 2.50. The summed E-state index contributed by atoms with van der Waals surface area (Å²) in [5, 5.41) is 13.4. The summed E-state index contributed by atoms with van der Waals surface area (Å²) in [5.74, 6) is 0.816. The maximum atomic E-state index is 10.1. The molecule has 0 radical (unpaired) electrons. The zero-order valence-corrected chi connectivity index (χ0v) is 10.6. The molecule has 94 valence electrons. The molecule has 2 unspecified atom stereocenters. The second-order valence-corrected chi connectivity index (χ2v) is 4.90. The number of hydrogen-bond donors (Lipinski definition) is 2. The molecule has 17 heavy (non-hydrogen) atoms. The van der Waals surface area contributed by atoms with Gasteiger partial charge in [-0.25, -0.2) is 4.98 Å². The van der Waals surface area contributed by atoms with Gasteiger partial charge >= 0.3 is 0 Å². The lowest BCUT2D eigenvalue weighted by molar-refractivity contribution is 0.144. The topological polar surface area (TPSA) is 58.0 Å². The highest BCUT2D eigenvalue weighted by Gasteiger charge is 2.22. The molecule has 4 nitrogen and oxygen atoms in total. The van der Waals surface area contributed by atoms with Crippen LogP contribution in [0.15, 0.2) is 6.20 Å². The van der Waals surface area contributed by atoms with Gasteiger partial charge in [0.15, 0.2) is 0 Å². The second-order valence-electron chi connectivity index (χ2n) is 4.90. The first-order valence-electron chi connectivity index (χ1n) is 6.41. The highest BCUT2D eigenvalue weighted by molar-refractivity contribution is 5.40. The van der Waals surface area contributed by atoms with Crippen LogP contribution in [0.5, 0.6) is 0 Å². The van der Waals surface area contributed by atoms with Gasteiger partial charge in [0.2, 0.25) is 0 Å². The lowest BCUT2D eigenvalue weighted by Crippen LogP contribution is -2.33. The maximum Gasteiger partial charge on any atom is 0.148 e. The van der Waals surface area contributed by atoms with E-state index in [0.29, 0.717) is 0 Å². The van der Waals surface area contributed by atoms with Crippen LogP contribution in [0.2, 0.25) is 0 Å². The summed E-state index contributed by atoms with van der Waals surface area (Å²) in [6.45, 7) is 3.87. The standard InChI is InChI=1S/C13H21N3O/c1-9-8-14-10(2)13(15-9)16-11-6-4-3-5-7-12(11)17/h8,11-12,17H,3-7H2,1-2H3,(H,15,16). The number of aromatic nitrogens is 2. The van der Waals surface area contributed by atoms with Crippen molar-refractivity contribution in [1.82, 2.24) is 9.97 Å². The summed E-state index contributed by atoms with van der Waals surface area (Å²) < 4.78 is 0. The molecule has 1 aliphatic carbocycles. The summed E-state index contributed by atoms with van der Waals surface area (Å²) in [5.41, 5.74) is 1.80. The predicted octanol–water partition coefficient (Wildman–Crippen LogP) is 2.20. The fourth-order valence-electron chi connectivity index (χ4n) is 2.31. The van der Waals surface area contributed by atoms with Gasteiger partial charge < -0.3 is 10.4 Å². The van der Waals surface area contributed by atoms with E-state index >= 15 is 0 Å². The fourth-order valence-corrected chi connectivity index (χ4v) is 2.31. The number of aryl methyl sites for hydroxylation is 2. The number of aliphatic hydroxyl groups is 1. The Bertz CT molecular complexity index is 381. The number of anilines is 1. The van der Waals surface area contributed by atoms with Crippen molar-refractivity contribution in [3.05, 3.63) is 17.6 Å². The molecule has 2 atom stereocenters. The minimum atomic E-state index is -0.265. The van der Waals surface area contributed by atoms with Crippen molar-refractivity contribution in [3.8, 4) is 0 Å². The Morgan fingerprint density at radius 3 is 2.82 bits per heavy atom. The molecule has 0 amide bonds. The first-order valence-corrected chi connectivity index (χ1v) is 6.41. The molecule has 0 spiro atoms. The highest BCUT2D eigenvalue weighted by Crippen LogP contribution is 2.21. The van der Waals surface area contributed by atoms with Crippen LogP contribution in [0.1, 0.15) is 43.5 Å². The van der Waals surface area contributed by atoms with Crippen LogP contribution in [-0.4, -0.2) is 27.2 Å². The molecule has 0 aliphatic heterocycles. The van der Waals surface area contributed by atoms with Gasteiger partial charge in [-0.05, 0) is 26.7 Å². The van der Waals surface area contributed by atoms with Crippen molar-refractivity contribution < 1.29 is 5.11 Å². The van der Waals surface area contributed by atoms with E-state index in [9.17, 15) is 5.11 Å². The molecular formula is C13H21N3O. The van der Waals surface area contributed by atoms with Gasteiger partial charge in [-0.3, -0.25) is 4.98 Å². The molecule has 0 saturated heterocycles. The Kier molecular flexibility index (Phi) is 3.94. The molecule has 4 heteroatoms. The van der Waals surface area contributed by atoms with Gasteiger partial charge in [0.1, 0.15) is 5.82 Å². The van der Waals surface area contributed by atoms with E-state index in [0.717, 1.165) is 36.5 Å². The maximum absolute atomic E-state index is 10.1. The summed E-state index contributed by atoms with van der Waals surface area (Å²) in [6, 6.07) is 0.118. The average molecular weight is 235 g/mol. The number of rotatable bonds is 2. The molecule has 0 bridgehead atoms. The Labute approximate surface area is 102 Å². The molecule has 1 saturated carbocycles. The highest BCUT2D eigenvalue weighted by atomic mass is 16.3. The molecule has 1 aromatic rings. The van der Waals surface area contributed by atoms with Crippen LogP contribution < -0.4 is 5.32 Å². The van der Waals surface area contributed by atoms with Crippen molar-refractivity contribution in [2.75, 3.05) is 5.32 Å². The van der Waals surface area contributed by atoms with Gasteiger partial charge in [-0.15, -0.1) is 0 Å². The van der Waals surface area contributed by atoms with Crippen molar-refractivity contribution in [1.29, 1.82) is 0 Å². The zero-order valence-electron chi connectivity index (χ0n) is 10.6. The molecule has 2 rings (SSSR count). The summed E-state index contributed by atoms with van der Waals surface area (Å²) in [6.07, 6.45) is 6.91. The van der Waals surface area contributed by atoms with Gasteiger partial charge in [0, 0.05) is 6.20 Å². The Morgan fingerprint density at radius 2 is 2.00 bits per heavy atom. The van der Waals surface area contributed by atoms with Gasteiger partial charge in [0.25, 0.3) is 0 Å². The summed E-state index contributed by atoms with van der Waals surface area (Å²) in [4.78, 5) is 8.73. The van der Waals surface area contributed by atoms with Gasteiger partial charge in [-0.1, -0.05) is 19.3 Å². The minimum Gasteiger partial charge on any atom is -0.391 e. The van der Waals surface area contributed by atoms with Crippen LogP contribution >= 0.6 is 0 Å². The summed E-state index contributed by atoms with van der Waals surface area (Å²) >= 11 is 0. The monoisotopic (exact) mass is 235 g/mol. The lowest BCUT2D eigenvalue weighted by Gasteiger charge is -2.23. The van der Waals surface area contributed by atoms with Crippen molar-refractivity contribution in [3.63, 3.8) is 0 Å². The molecule has 1 aliphatic rings. The van der Waals surface area contributed by atoms with E-state index in [4.69, 9.17) is 0 Å². The Hall–Kier alpha value is -1.16. The fraction of sp³-hybridized carbons (Fsp3) is 0.692. The summed E-state index contributed by atoms with van der Waals surface area (Å²) in [7, 11) is 0. The molecular weight excluding hydrogens is 214 g/mol.